The van der Waals surface area contributed by atoms with Crippen molar-refractivity contribution in [3.63, 3.8) is 0 Å². The van der Waals surface area contributed by atoms with E-state index in [1.54, 1.807) is 0 Å². The molecule has 0 fully saturated rings. The molecule has 0 heterocycles. The summed E-state index contributed by atoms with van der Waals surface area (Å²) >= 11 is 0. The van der Waals surface area contributed by atoms with E-state index in [0.717, 1.165) is 0 Å². The predicted molar refractivity (Wildman–Crippen MR) is 19.2 cm³/mol. The van der Waals surface area contributed by atoms with E-state index < -0.39 is 6.70 Å². The molecule has 46 valence electrons. The Kier molecular flexibility index (Phi) is 4.80. The number of halogens is 2. The number of nitrogens with zero attached hydrogens (tertiary/aromatic N) is 2. The first-order chi connectivity index (χ1) is 3.12. The minimum atomic E-state index is -4.36. The summed E-state index contributed by atoms with van der Waals surface area (Å²) in [5, 5.41) is 14.8. The summed E-state index contributed by atoms with van der Waals surface area (Å²) in [6.07, 6.45) is 0. The molecule has 0 aliphatic carbocycles. The normalized spacial score (nSPS) is 8.00. The topological polar surface area (TPSA) is 47.6 Å². The Balaban J connectivity index is 0. The van der Waals surface area contributed by atoms with Crippen LogP contribution in [-0.2, 0) is 22.4 Å². The van der Waals surface area contributed by atoms with E-state index in [1.165, 1.54) is 0 Å². The van der Waals surface area contributed by atoms with Crippen LogP contribution < -0.4 is 0 Å². The molecule has 0 unspecified atom stereocenters. The van der Waals surface area contributed by atoms with Crippen LogP contribution in [-0.4, -0.2) is 6.70 Å². The monoisotopic (exact) mass is 208 g/mol. The third-order valence-corrected chi connectivity index (χ3v) is 0.324. The second-order valence-corrected chi connectivity index (χ2v) is 0.921. The van der Waals surface area contributed by atoms with Crippen molar-refractivity contribution in [1.29, 1.82) is 10.5 Å². The van der Waals surface area contributed by atoms with Crippen LogP contribution in [0.1, 0.15) is 0 Å². The molecule has 2 nitrogen and oxygen atoms in total. The minimum Gasteiger partial charge on any atom is -0.453 e. The molecular formula is C2AgBF2N2. The molecule has 0 saturated heterocycles. The third-order valence-electron chi connectivity index (χ3n) is 0.324. The molecular weight excluding hydrogens is 209 g/mol. The van der Waals surface area contributed by atoms with Gasteiger partial charge in [-0.15, -0.1) is 0 Å². The maximum absolute atomic E-state index is 11.2. The first-order valence-corrected chi connectivity index (χ1v) is 1.46. The van der Waals surface area contributed by atoms with Crippen LogP contribution in [0.2, 0.25) is 0 Å². The molecule has 0 aliphatic rings. The molecule has 0 radical (unpaired) electrons. The number of rotatable bonds is 0. The van der Waals surface area contributed by atoms with Gasteiger partial charge in [-0.25, -0.2) is 10.5 Å². The van der Waals surface area contributed by atoms with Crippen molar-refractivity contribution in [2.45, 2.75) is 0 Å². The van der Waals surface area contributed by atoms with E-state index in [2.05, 4.69) is 0 Å². The van der Waals surface area contributed by atoms with Crippen LogP contribution in [0.15, 0.2) is 0 Å². The van der Waals surface area contributed by atoms with Gasteiger partial charge in [0.05, 0.1) is 0 Å². The number of hydrogen-bond acceptors (Lipinski definition) is 2. The summed E-state index contributed by atoms with van der Waals surface area (Å²) in [6.45, 7) is -4.36. The van der Waals surface area contributed by atoms with E-state index in [1.807, 2.05) is 0 Å². The van der Waals surface area contributed by atoms with Crippen molar-refractivity contribution in [2.24, 2.45) is 0 Å². The fraction of sp³-hybridized carbons (Fsp3) is 0. The maximum Gasteiger partial charge on any atom is 1.00 e. The Morgan fingerprint density at radius 1 is 1.12 bits per heavy atom. The average Bonchev–Trinajstić information content (AvgIpc) is 1.68. The van der Waals surface area contributed by atoms with Gasteiger partial charge in [-0.05, 0) is 0 Å². The van der Waals surface area contributed by atoms with Gasteiger partial charge < -0.3 is 8.63 Å². The van der Waals surface area contributed by atoms with Crippen LogP contribution in [0.5, 0.6) is 0 Å². The summed E-state index contributed by atoms with van der Waals surface area (Å²) in [5.74, 6) is 1.12. The van der Waals surface area contributed by atoms with Crippen molar-refractivity contribution in [1.82, 2.24) is 0 Å². The molecule has 0 saturated carbocycles. The molecule has 6 heteroatoms. The van der Waals surface area contributed by atoms with Crippen molar-refractivity contribution in [2.75, 3.05) is 0 Å². The third kappa shape index (κ3) is 3.82. The molecule has 0 atom stereocenters. The molecule has 0 rings (SSSR count). The Hall–Kier alpha value is -0.355. The Morgan fingerprint density at radius 3 is 1.38 bits per heavy atom. The van der Waals surface area contributed by atoms with Gasteiger partial charge in [0.25, 0.3) is 0 Å². The van der Waals surface area contributed by atoms with Gasteiger partial charge in [-0.3, -0.25) is 0 Å². The average molecular weight is 209 g/mol. The molecule has 8 heavy (non-hydrogen) atoms. The van der Waals surface area contributed by atoms with Crippen LogP contribution in [0.25, 0.3) is 0 Å². The molecule has 0 bridgehead atoms. The fourth-order valence-corrected chi connectivity index (χ4v) is 0.0289. The van der Waals surface area contributed by atoms with Crippen molar-refractivity contribution >= 4 is 6.70 Å². The molecule has 0 aromatic carbocycles. The second-order valence-electron chi connectivity index (χ2n) is 0.921. The van der Waals surface area contributed by atoms with Gasteiger partial charge in [0.15, 0.2) is 0 Å². The molecule has 0 aliphatic heterocycles. The Morgan fingerprint density at radius 2 is 1.38 bits per heavy atom. The van der Waals surface area contributed by atoms with E-state index in [9.17, 15) is 8.63 Å². The summed E-state index contributed by atoms with van der Waals surface area (Å²) in [5.41, 5.74) is 0. The Bertz CT molecular complexity index is 129. The van der Waals surface area contributed by atoms with Crippen molar-refractivity contribution < 1.29 is 31.0 Å². The van der Waals surface area contributed by atoms with Crippen molar-refractivity contribution in [3.8, 4) is 11.9 Å². The standard InChI is InChI=1S/C2BF2N2.Ag/c4-3(5,1-6)2-7;/q-1;+1. The summed E-state index contributed by atoms with van der Waals surface area (Å²) in [6, 6.07) is 0. The van der Waals surface area contributed by atoms with Gasteiger partial charge >= 0.3 is 29.1 Å². The molecule has 0 aromatic heterocycles. The summed E-state index contributed by atoms with van der Waals surface area (Å²) in [4.78, 5) is 0. The number of hydrogen-bond donors (Lipinski definition) is 0. The first-order valence-electron chi connectivity index (χ1n) is 1.46. The van der Waals surface area contributed by atoms with E-state index in [0.29, 0.717) is 11.9 Å². The molecule has 0 spiro atoms. The smallest absolute Gasteiger partial charge is 0.453 e. The van der Waals surface area contributed by atoms with Crippen LogP contribution in [0, 0.1) is 22.5 Å². The summed E-state index contributed by atoms with van der Waals surface area (Å²) < 4.78 is 22.4. The SMILES string of the molecule is N#C[B-](F)(F)C#N.[Ag+]. The van der Waals surface area contributed by atoms with Crippen LogP contribution in [0.3, 0.4) is 0 Å². The fourth-order valence-electron chi connectivity index (χ4n) is 0.0289. The predicted octanol–water partition coefficient (Wildman–Crippen LogP) is 0.491. The largest absolute Gasteiger partial charge is 1.00 e. The van der Waals surface area contributed by atoms with E-state index in [-0.39, 0.29) is 22.4 Å². The molecule has 0 amide bonds. The van der Waals surface area contributed by atoms with Crippen LogP contribution in [0.4, 0.5) is 8.63 Å². The zero-order chi connectivity index (χ0) is 5.91. The van der Waals surface area contributed by atoms with Gasteiger partial charge in [0.2, 0.25) is 0 Å². The first kappa shape index (κ1) is 10.6. The van der Waals surface area contributed by atoms with Crippen molar-refractivity contribution in [3.05, 3.63) is 0 Å². The molecule has 0 aromatic rings. The summed E-state index contributed by atoms with van der Waals surface area (Å²) in [7, 11) is 0. The van der Waals surface area contributed by atoms with E-state index in [4.69, 9.17) is 10.5 Å². The zero-order valence-electron chi connectivity index (χ0n) is 3.53. The quantitative estimate of drug-likeness (QED) is 0.544. The van der Waals surface area contributed by atoms with Gasteiger partial charge in [-0.2, -0.15) is 0 Å². The zero-order valence-corrected chi connectivity index (χ0v) is 5.01. The minimum absolute atomic E-state index is 0. The van der Waals surface area contributed by atoms with Gasteiger partial charge in [-0.1, -0.05) is 11.9 Å². The molecule has 0 N–H and O–H groups in total. The second kappa shape index (κ2) is 3.62. The van der Waals surface area contributed by atoms with Gasteiger partial charge in [0, 0.05) is 0 Å². The maximum atomic E-state index is 11.2. The Labute approximate surface area is 60.6 Å². The van der Waals surface area contributed by atoms with Crippen LogP contribution >= 0.6 is 0 Å². The van der Waals surface area contributed by atoms with Gasteiger partial charge in [0.1, 0.15) is 0 Å². The number of nitriles is 2. The van der Waals surface area contributed by atoms with E-state index >= 15 is 0 Å².